The van der Waals surface area contributed by atoms with Crippen LogP contribution in [0.5, 0.6) is 5.75 Å². The molecule has 3 heteroatoms. The van der Waals surface area contributed by atoms with Gasteiger partial charge in [0.25, 0.3) is 0 Å². The molecule has 1 N–H and O–H groups in total. The van der Waals surface area contributed by atoms with Crippen LogP contribution in [-0.4, -0.2) is 26.9 Å². The molecule has 1 aromatic carbocycles. The van der Waals surface area contributed by atoms with Gasteiger partial charge in [0.1, 0.15) is 5.75 Å². The second-order valence-electron chi connectivity index (χ2n) is 4.47. The second-order valence-corrected chi connectivity index (χ2v) is 4.47. The van der Waals surface area contributed by atoms with E-state index in [4.69, 9.17) is 9.47 Å². The molecular weight excluding hydrogens is 226 g/mol. The summed E-state index contributed by atoms with van der Waals surface area (Å²) in [4.78, 5) is 0. The summed E-state index contributed by atoms with van der Waals surface area (Å²) < 4.78 is 10.8. The highest BCUT2D eigenvalue weighted by molar-refractivity contribution is 5.30. The fourth-order valence-corrected chi connectivity index (χ4v) is 1.98. The molecule has 0 aliphatic rings. The summed E-state index contributed by atoms with van der Waals surface area (Å²) in [5.41, 5.74) is 1.27. The molecule has 0 aromatic heterocycles. The zero-order chi connectivity index (χ0) is 13.4. The Morgan fingerprint density at radius 1 is 1.28 bits per heavy atom. The van der Waals surface area contributed by atoms with Crippen LogP contribution in [0.3, 0.4) is 0 Å². The molecule has 2 atom stereocenters. The van der Waals surface area contributed by atoms with Gasteiger partial charge >= 0.3 is 0 Å². The van der Waals surface area contributed by atoms with E-state index in [1.54, 1.807) is 7.11 Å². The van der Waals surface area contributed by atoms with Crippen LogP contribution >= 0.6 is 0 Å². The lowest BCUT2D eigenvalue weighted by atomic mass is 10.0. The first kappa shape index (κ1) is 15.0. The van der Waals surface area contributed by atoms with Crippen molar-refractivity contribution in [2.24, 2.45) is 0 Å². The summed E-state index contributed by atoms with van der Waals surface area (Å²) in [5, 5.41) is 3.36. The first-order valence-electron chi connectivity index (χ1n) is 6.64. The topological polar surface area (TPSA) is 30.5 Å². The minimum absolute atomic E-state index is 0.302. The van der Waals surface area contributed by atoms with E-state index in [-0.39, 0.29) is 0 Å². The molecule has 0 fully saturated rings. The van der Waals surface area contributed by atoms with Crippen LogP contribution in [0.4, 0.5) is 0 Å². The number of benzene rings is 1. The Bertz CT molecular complexity index is 341. The summed E-state index contributed by atoms with van der Waals surface area (Å²) in [6.45, 7) is 4.81. The van der Waals surface area contributed by atoms with Crippen molar-refractivity contribution >= 4 is 0 Å². The molecule has 2 unspecified atom stereocenters. The van der Waals surface area contributed by atoms with Crippen molar-refractivity contribution in [1.82, 2.24) is 5.32 Å². The zero-order valence-electron chi connectivity index (χ0n) is 11.9. The van der Waals surface area contributed by atoms with Crippen molar-refractivity contribution in [2.75, 3.05) is 20.8 Å². The van der Waals surface area contributed by atoms with Gasteiger partial charge in [-0.05, 0) is 51.4 Å². The molecule has 1 aromatic rings. The molecule has 0 spiro atoms. The third-order valence-corrected chi connectivity index (χ3v) is 3.18. The highest BCUT2D eigenvalue weighted by Crippen LogP contribution is 2.23. The van der Waals surface area contributed by atoms with Crippen molar-refractivity contribution in [3.05, 3.63) is 29.8 Å². The van der Waals surface area contributed by atoms with Crippen LogP contribution in [0.25, 0.3) is 0 Å². The number of rotatable bonds is 8. The fourth-order valence-electron chi connectivity index (χ4n) is 1.98. The van der Waals surface area contributed by atoms with Crippen molar-refractivity contribution in [2.45, 2.75) is 38.8 Å². The van der Waals surface area contributed by atoms with Gasteiger partial charge in [-0.25, -0.2) is 0 Å². The van der Waals surface area contributed by atoms with Gasteiger partial charge in [0.2, 0.25) is 0 Å². The number of ether oxygens (including phenoxy) is 2. The van der Waals surface area contributed by atoms with Crippen LogP contribution in [-0.2, 0) is 4.74 Å². The molecule has 0 aliphatic heterocycles. The molecular formula is C15H25NO2. The minimum atomic E-state index is 0.302. The Morgan fingerprint density at radius 2 is 2.06 bits per heavy atom. The van der Waals surface area contributed by atoms with Crippen molar-refractivity contribution in [3.63, 3.8) is 0 Å². The van der Waals surface area contributed by atoms with Crippen LogP contribution < -0.4 is 10.1 Å². The monoisotopic (exact) mass is 251 g/mol. The average Bonchev–Trinajstić information content (AvgIpc) is 2.40. The Labute approximate surface area is 110 Å². The van der Waals surface area contributed by atoms with Gasteiger partial charge in [-0.2, -0.15) is 0 Å². The quantitative estimate of drug-likeness (QED) is 0.770. The fraction of sp³-hybridized carbons (Fsp3) is 0.600. The predicted molar refractivity (Wildman–Crippen MR) is 75.1 cm³/mol. The maximum Gasteiger partial charge on any atom is 0.119 e. The molecule has 102 valence electrons. The maximum atomic E-state index is 5.54. The lowest BCUT2D eigenvalue weighted by Crippen LogP contribution is -2.18. The summed E-state index contributed by atoms with van der Waals surface area (Å²) in [7, 11) is 3.75. The zero-order valence-corrected chi connectivity index (χ0v) is 11.9. The molecule has 1 rings (SSSR count). The normalized spacial score (nSPS) is 14.2. The summed E-state index contributed by atoms with van der Waals surface area (Å²) >= 11 is 0. The van der Waals surface area contributed by atoms with Crippen LogP contribution in [0.1, 0.15) is 38.3 Å². The van der Waals surface area contributed by atoms with E-state index in [0.717, 1.165) is 18.6 Å². The van der Waals surface area contributed by atoms with E-state index in [1.807, 2.05) is 26.1 Å². The standard InChI is InChI=1S/C15H25NO2/c1-5-18-14-8-6-7-13(11-14)15(16-3)10-9-12(2)17-4/h6-8,11-12,15-16H,5,9-10H2,1-4H3. The minimum Gasteiger partial charge on any atom is -0.494 e. The highest BCUT2D eigenvalue weighted by Gasteiger charge is 2.11. The van der Waals surface area contributed by atoms with Crippen molar-refractivity contribution in [3.8, 4) is 5.75 Å². The summed E-state index contributed by atoms with van der Waals surface area (Å²) in [6, 6.07) is 8.65. The van der Waals surface area contributed by atoms with E-state index < -0.39 is 0 Å². The lowest BCUT2D eigenvalue weighted by molar-refractivity contribution is 0.106. The molecule has 0 amide bonds. The van der Waals surface area contributed by atoms with E-state index in [0.29, 0.717) is 18.8 Å². The Kier molecular flexibility index (Phi) is 6.76. The van der Waals surface area contributed by atoms with Crippen molar-refractivity contribution in [1.29, 1.82) is 0 Å². The summed E-state index contributed by atoms with van der Waals surface area (Å²) in [5.74, 6) is 0.940. The van der Waals surface area contributed by atoms with Gasteiger partial charge in [-0.3, -0.25) is 0 Å². The molecule has 0 saturated carbocycles. The van der Waals surface area contributed by atoms with Crippen LogP contribution in [0.2, 0.25) is 0 Å². The third kappa shape index (κ3) is 4.67. The molecule has 0 bridgehead atoms. The Hall–Kier alpha value is -1.06. The van der Waals surface area contributed by atoms with Crippen molar-refractivity contribution < 1.29 is 9.47 Å². The lowest BCUT2D eigenvalue weighted by Gasteiger charge is -2.19. The SMILES string of the molecule is CCOc1cccc(C(CCC(C)OC)NC)c1. The van der Waals surface area contributed by atoms with Gasteiger partial charge in [-0.1, -0.05) is 12.1 Å². The van der Waals surface area contributed by atoms with E-state index >= 15 is 0 Å². The van der Waals surface area contributed by atoms with Crippen LogP contribution in [0.15, 0.2) is 24.3 Å². The first-order valence-corrected chi connectivity index (χ1v) is 6.64. The molecule has 18 heavy (non-hydrogen) atoms. The number of nitrogens with one attached hydrogen (secondary N) is 1. The third-order valence-electron chi connectivity index (χ3n) is 3.18. The van der Waals surface area contributed by atoms with E-state index in [1.165, 1.54) is 5.56 Å². The smallest absolute Gasteiger partial charge is 0.119 e. The first-order chi connectivity index (χ1) is 8.71. The maximum absolute atomic E-state index is 5.54. The molecule has 3 nitrogen and oxygen atoms in total. The van der Waals surface area contributed by atoms with Gasteiger partial charge < -0.3 is 14.8 Å². The van der Waals surface area contributed by atoms with Crippen LogP contribution in [0, 0.1) is 0 Å². The Morgan fingerprint density at radius 3 is 2.67 bits per heavy atom. The second kappa shape index (κ2) is 8.11. The van der Waals surface area contributed by atoms with E-state index in [2.05, 4.69) is 24.4 Å². The predicted octanol–water partition coefficient (Wildman–Crippen LogP) is 3.16. The average molecular weight is 251 g/mol. The van der Waals surface area contributed by atoms with Gasteiger partial charge in [0.15, 0.2) is 0 Å². The highest BCUT2D eigenvalue weighted by atomic mass is 16.5. The van der Waals surface area contributed by atoms with Gasteiger partial charge in [0, 0.05) is 13.2 Å². The molecule has 0 heterocycles. The van der Waals surface area contributed by atoms with Gasteiger partial charge in [0.05, 0.1) is 12.7 Å². The molecule has 0 saturated heterocycles. The number of methoxy groups -OCH3 is 1. The Balaban J connectivity index is 2.66. The number of hydrogen-bond acceptors (Lipinski definition) is 3. The largest absolute Gasteiger partial charge is 0.494 e. The number of hydrogen-bond donors (Lipinski definition) is 1. The summed E-state index contributed by atoms with van der Waals surface area (Å²) in [6.07, 6.45) is 2.40. The van der Waals surface area contributed by atoms with E-state index in [9.17, 15) is 0 Å². The molecule has 0 aliphatic carbocycles. The van der Waals surface area contributed by atoms with Gasteiger partial charge in [-0.15, -0.1) is 0 Å². The molecule has 0 radical (unpaired) electrons.